The minimum absolute atomic E-state index is 0.210. The predicted molar refractivity (Wildman–Crippen MR) is 191 cm³/mol. The number of benzene rings is 3. The molecule has 0 saturated carbocycles. The molecular weight excluding hydrogens is 618 g/mol. The molecule has 252 valence electrons. The van der Waals surface area contributed by atoms with Crippen LogP contribution in [0.3, 0.4) is 0 Å². The fourth-order valence-electron chi connectivity index (χ4n) is 5.87. The Labute approximate surface area is 285 Å². The normalized spacial score (nSPS) is 11.3. The number of amides is 2. The molecule has 6 aromatic rings. The third-order valence-corrected chi connectivity index (χ3v) is 8.62. The van der Waals surface area contributed by atoms with Crippen molar-refractivity contribution < 1.29 is 19.1 Å². The minimum atomic E-state index is -0.332. The van der Waals surface area contributed by atoms with Crippen LogP contribution in [0.5, 0.6) is 5.75 Å². The molecule has 3 aromatic heterocycles. The van der Waals surface area contributed by atoms with Crippen LogP contribution in [0.1, 0.15) is 47.8 Å². The highest BCUT2D eigenvalue weighted by atomic mass is 16.6. The maximum Gasteiger partial charge on any atom is 0.410 e. The number of para-hydroxylation sites is 1. The maximum absolute atomic E-state index is 12.8. The molecule has 0 atom stereocenters. The summed E-state index contributed by atoms with van der Waals surface area (Å²) in [6.45, 7) is 9.83. The van der Waals surface area contributed by atoms with Crippen molar-refractivity contribution in [3.63, 3.8) is 0 Å². The predicted octanol–water partition coefficient (Wildman–Crippen LogP) is 6.98. The SMILES string of the molecule is CCN(Cc1cncc(-c2ccc3c(c2)c(-c2nc4c(C(=O)NC)cccc4[nH]2)nn3Cc2ccc(OC)cc2)c1C)C(=O)OCC(C)C. The average Bonchev–Trinajstić information content (AvgIpc) is 3.71. The number of pyridine rings is 1. The highest BCUT2D eigenvalue weighted by Crippen LogP contribution is 2.34. The van der Waals surface area contributed by atoms with Crippen LogP contribution in [-0.4, -0.2) is 68.9 Å². The van der Waals surface area contributed by atoms with Crippen molar-refractivity contribution >= 4 is 33.9 Å². The van der Waals surface area contributed by atoms with Gasteiger partial charge in [-0.1, -0.05) is 38.1 Å². The number of ether oxygens (including phenoxy) is 2. The number of carbonyl (C=O) groups excluding carboxylic acids is 2. The van der Waals surface area contributed by atoms with Gasteiger partial charge in [0.15, 0.2) is 5.82 Å². The first-order valence-electron chi connectivity index (χ1n) is 16.4. The van der Waals surface area contributed by atoms with Crippen molar-refractivity contribution in [2.45, 2.75) is 40.8 Å². The molecule has 3 aromatic carbocycles. The Bertz CT molecular complexity index is 2130. The fourth-order valence-corrected chi connectivity index (χ4v) is 5.87. The second-order valence-electron chi connectivity index (χ2n) is 12.4. The van der Waals surface area contributed by atoms with Crippen LogP contribution in [0.15, 0.2) is 73.1 Å². The quantitative estimate of drug-likeness (QED) is 0.154. The van der Waals surface area contributed by atoms with Gasteiger partial charge in [-0.05, 0) is 78.4 Å². The molecule has 0 fully saturated rings. The van der Waals surface area contributed by atoms with Gasteiger partial charge in [-0.3, -0.25) is 14.5 Å². The van der Waals surface area contributed by atoms with E-state index in [0.717, 1.165) is 50.0 Å². The molecule has 0 radical (unpaired) electrons. The number of aromatic nitrogens is 5. The van der Waals surface area contributed by atoms with E-state index in [4.69, 9.17) is 19.6 Å². The summed E-state index contributed by atoms with van der Waals surface area (Å²) in [5.41, 5.74) is 8.32. The van der Waals surface area contributed by atoms with Gasteiger partial charge in [0.25, 0.3) is 5.91 Å². The van der Waals surface area contributed by atoms with Gasteiger partial charge in [0.05, 0.1) is 43.4 Å². The third kappa shape index (κ3) is 6.83. The van der Waals surface area contributed by atoms with E-state index in [1.54, 1.807) is 25.1 Å². The molecule has 11 nitrogen and oxygen atoms in total. The van der Waals surface area contributed by atoms with Crippen LogP contribution < -0.4 is 10.1 Å². The fraction of sp³-hybridized carbons (Fsp3) is 0.289. The molecule has 0 unspecified atom stereocenters. The molecule has 11 heteroatoms. The van der Waals surface area contributed by atoms with E-state index in [2.05, 4.69) is 40.4 Å². The van der Waals surface area contributed by atoms with Crippen molar-refractivity contribution in [2.24, 2.45) is 5.92 Å². The standard InChI is InChI=1S/C38H41N7O4/c1-7-44(38(47)49-22-23(2)3)21-27-18-40-19-31(24(27)4)26-13-16-33-30(17-26)35(43-45(33)20-25-11-14-28(48-6)15-12-25)36-41-32-10-8-9-29(34(32)42-36)37(46)39-5/h8-19,23H,7,20-22H2,1-6H3,(H,39,46)(H,41,42). The van der Waals surface area contributed by atoms with E-state index < -0.39 is 0 Å². The van der Waals surface area contributed by atoms with E-state index in [1.807, 2.05) is 74.2 Å². The zero-order chi connectivity index (χ0) is 34.7. The summed E-state index contributed by atoms with van der Waals surface area (Å²) >= 11 is 0. The number of nitrogens with zero attached hydrogens (tertiary/aromatic N) is 5. The monoisotopic (exact) mass is 659 g/mol. The van der Waals surface area contributed by atoms with Crippen molar-refractivity contribution in [3.8, 4) is 28.4 Å². The van der Waals surface area contributed by atoms with Crippen molar-refractivity contribution in [3.05, 3.63) is 95.3 Å². The van der Waals surface area contributed by atoms with Gasteiger partial charge < -0.3 is 24.7 Å². The molecule has 49 heavy (non-hydrogen) atoms. The smallest absolute Gasteiger partial charge is 0.410 e. The molecule has 2 N–H and O–H groups in total. The molecule has 0 aliphatic heterocycles. The first kappa shape index (κ1) is 33.2. The van der Waals surface area contributed by atoms with Crippen LogP contribution in [0.2, 0.25) is 0 Å². The van der Waals surface area contributed by atoms with Crippen molar-refractivity contribution in [1.82, 2.24) is 34.9 Å². The number of H-pyrrole nitrogens is 1. The summed E-state index contributed by atoms with van der Waals surface area (Å²) in [6, 6.07) is 19.7. The van der Waals surface area contributed by atoms with E-state index >= 15 is 0 Å². The molecular formula is C38H41N7O4. The summed E-state index contributed by atoms with van der Waals surface area (Å²) in [5, 5.41) is 8.67. The van der Waals surface area contributed by atoms with Crippen LogP contribution in [0, 0.1) is 12.8 Å². The second-order valence-corrected chi connectivity index (χ2v) is 12.4. The number of rotatable bonds is 11. The molecule has 0 aliphatic carbocycles. The molecule has 0 aliphatic rings. The van der Waals surface area contributed by atoms with Crippen LogP contribution >= 0.6 is 0 Å². The lowest BCUT2D eigenvalue weighted by molar-refractivity contribution is 0.0913. The lowest BCUT2D eigenvalue weighted by Crippen LogP contribution is -2.32. The average molecular weight is 660 g/mol. The summed E-state index contributed by atoms with van der Waals surface area (Å²) in [4.78, 5) is 40.0. The highest BCUT2D eigenvalue weighted by Gasteiger charge is 2.21. The number of carbonyl (C=O) groups is 2. The van der Waals surface area contributed by atoms with E-state index in [0.29, 0.717) is 48.8 Å². The van der Waals surface area contributed by atoms with Crippen LogP contribution in [0.25, 0.3) is 44.6 Å². The summed E-state index contributed by atoms with van der Waals surface area (Å²) in [6.07, 6.45) is 3.33. The van der Waals surface area contributed by atoms with Gasteiger partial charge in [-0.15, -0.1) is 0 Å². The van der Waals surface area contributed by atoms with E-state index in [1.165, 1.54) is 0 Å². The molecule has 6 rings (SSSR count). The third-order valence-electron chi connectivity index (χ3n) is 8.62. The summed E-state index contributed by atoms with van der Waals surface area (Å²) < 4.78 is 12.8. The zero-order valence-electron chi connectivity index (χ0n) is 28.7. The Morgan fingerprint density at radius 3 is 2.57 bits per heavy atom. The van der Waals surface area contributed by atoms with Crippen molar-refractivity contribution in [2.75, 3.05) is 27.3 Å². The van der Waals surface area contributed by atoms with Gasteiger partial charge >= 0.3 is 6.09 Å². The summed E-state index contributed by atoms with van der Waals surface area (Å²) in [7, 11) is 3.26. The molecule has 3 heterocycles. The number of imidazole rings is 1. The maximum atomic E-state index is 12.8. The topological polar surface area (TPSA) is 127 Å². The first-order valence-corrected chi connectivity index (χ1v) is 16.4. The summed E-state index contributed by atoms with van der Waals surface area (Å²) in [5.74, 6) is 1.39. The Hall–Kier alpha value is -5.71. The lowest BCUT2D eigenvalue weighted by atomic mass is 9.97. The lowest BCUT2D eigenvalue weighted by Gasteiger charge is -2.22. The van der Waals surface area contributed by atoms with Crippen LogP contribution in [-0.2, 0) is 17.8 Å². The molecule has 0 bridgehead atoms. The number of aromatic amines is 1. The molecule has 2 amide bonds. The minimum Gasteiger partial charge on any atom is -0.497 e. The number of nitrogens with one attached hydrogen (secondary N) is 2. The van der Waals surface area contributed by atoms with Gasteiger partial charge in [0, 0.05) is 36.9 Å². The van der Waals surface area contributed by atoms with Gasteiger partial charge in [0.1, 0.15) is 17.0 Å². The Morgan fingerprint density at radius 1 is 1.06 bits per heavy atom. The molecule has 0 saturated heterocycles. The highest BCUT2D eigenvalue weighted by molar-refractivity contribution is 6.06. The number of hydrogen-bond donors (Lipinski definition) is 2. The molecule has 0 spiro atoms. The Morgan fingerprint density at radius 2 is 1.86 bits per heavy atom. The van der Waals surface area contributed by atoms with Gasteiger partial charge in [-0.2, -0.15) is 5.10 Å². The second kappa shape index (κ2) is 14.2. The van der Waals surface area contributed by atoms with Crippen LogP contribution in [0.4, 0.5) is 4.79 Å². The number of hydrogen-bond acceptors (Lipinski definition) is 7. The Kier molecular flexibility index (Phi) is 9.61. The Balaban J connectivity index is 1.43. The first-order chi connectivity index (χ1) is 23.7. The zero-order valence-corrected chi connectivity index (χ0v) is 28.7. The number of methoxy groups -OCH3 is 1. The van der Waals surface area contributed by atoms with Crippen molar-refractivity contribution in [1.29, 1.82) is 0 Å². The van der Waals surface area contributed by atoms with E-state index in [-0.39, 0.29) is 17.9 Å². The number of fused-ring (bicyclic) bond motifs is 2. The largest absolute Gasteiger partial charge is 0.497 e. The van der Waals surface area contributed by atoms with Gasteiger partial charge in [0.2, 0.25) is 0 Å². The van der Waals surface area contributed by atoms with Gasteiger partial charge in [-0.25, -0.2) is 9.78 Å². The van der Waals surface area contributed by atoms with E-state index in [9.17, 15) is 9.59 Å².